The van der Waals surface area contributed by atoms with E-state index >= 15 is 0 Å². The molecule has 0 saturated heterocycles. The van der Waals surface area contributed by atoms with Crippen molar-refractivity contribution in [3.05, 3.63) is 0 Å². The fourth-order valence-corrected chi connectivity index (χ4v) is 2.27. The van der Waals surface area contributed by atoms with Crippen LogP contribution in [0.25, 0.3) is 0 Å². The quantitative estimate of drug-likeness (QED) is 0.642. The number of alkyl halides is 1. The van der Waals surface area contributed by atoms with Crippen molar-refractivity contribution < 1.29 is 5.11 Å². The van der Waals surface area contributed by atoms with Crippen molar-refractivity contribution in [3.8, 4) is 0 Å². The number of aliphatic hydroxyl groups is 1. The number of hydrogen-bond acceptors (Lipinski definition) is 1. The summed E-state index contributed by atoms with van der Waals surface area (Å²) in [6, 6.07) is 0. The Morgan fingerprint density at radius 1 is 1.55 bits per heavy atom. The van der Waals surface area contributed by atoms with E-state index in [0.717, 1.165) is 12.8 Å². The molecule has 1 saturated carbocycles. The summed E-state index contributed by atoms with van der Waals surface area (Å²) in [5.74, 6) is 0. The molecule has 1 aliphatic carbocycles. The zero-order valence-corrected chi connectivity index (χ0v) is 7.90. The number of aliphatic hydroxyl groups excluding tert-OH is 1. The molecule has 0 aliphatic heterocycles. The number of rotatable bonds is 2. The van der Waals surface area contributed by atoms with E-state index in [2.05, 4.69) is 6.92 Å². The highest BCUT2D eigenvalue weighted by molar-refractivity contribution is 6.21. The monoisotopic (exact) mass is 176 g/mol. The predicted octanol–water partition coefficient (Wildman–Crippen LogP) is 2.56. The first-order chi connectivity index (χ1) is 5.19. The molecule has 0 bridgehead atoms. The molecule has 0 aromatic carbocycles. The van der Waals surface area contributed by atoms with Crippen LogP contribution in [0.15, 0.2) is 0 Å². The van der Waals surface area contributed by atoms with Gasteiger partial charge < -0.3 is 5.11 Å². The molecule has 2 heteroatoms. The van der Waals surface area contributed by atoms with Gasteiger partial charge in [-0.05, 0) is 24.7 Å². The van der Waals surface area contributed by atoms with Gasteiger partial charge in [-0.2, -0.15) is 0 Å². The molecule has 0 spiro atoms. The van der Waals surface area contributed by atoms with E-state index in [-0.39, 0.29) is 17.4 Å². The van der Waals surface area contributed by atoms with Gasteiger partial charge in [0.2, 0.25) is 0 Å². The summed E-state index contributed by atoms with van der Waals surface area (Å²) in [6.07, 6.45) is 5.70. The highest BCUT2D eigenvalue weighted by Gasteiger charge is 2.34. The van der Waals surface area contributed by atoms with Gasteiger partial charge in [0.05, 0.1) is 0 Å². The Morgan fingerprint density at radius 3 is 2.82 bits per heavy atom. The second-order valence-electron chi connectivity index (χ2n) is 3.84. The molecule has 0 aromatic heterocycles. The molecule has 0 amide bonds. The standard InChI is InChI=1S/C9H17ClO/c1-9(6-7-11)5-3-2-4-8(9)10/h8,11H,2-7H2,1H3/t8-,9-/m1/s1. The van der Waals surface area contributed by atoms with Crippen molar-refractivity contribution >= 4 is 11.6 Å². The lowest BCUT2D eigenvalue weighted by molar-refractivity contribution is 0.153. The molecule has 1 fully saturated rings. The minimum atomic E-state index is 0.203. The molecule has 0 heterocycles. The molecule has 1 aliphatic rings. The van der Waals surface area contributed by atoms with Crippen LogP contribution in [0.1, 0.15) is 39.0 Å². The average Bonchev–Trinajstić information content (AvgIpc) is 1.96. The van der Waals surface area contributed by atoms with E-state index in [4.69, 9.17) is 16.7 Å². The van der Waals surface area contributed by atoms with Crippen LogP contribution in [-0.4, -0.2) is 17.1 Å². The topological polar surface area (TPSA) is 20.2 Å². The molecule has 1 N–H and O–H groups in total. The second-order valence-corrected chi connectivity index (χ2v) is 4.37. The summed E-state index contributed by atoms with van der Waals surface area (Å²) in [4.78, 5) is 0. The van der Waals surface area contributed by atoms with Crippen LogP contribution in [0, 0.1) is 5.41 Å². The summed E-state index contributed by atoms with van der Waals surface area (Å²) in [7, 11) is 0. The van der Waals surface area contributed by atoms with Gasteiger partial charge in [0.1, 0.15) is 0 Å². The fourth-order valence-electron chi connectivity index (χ4n) is 1.89. The zero-order valence-electron chi connectivity index (χ0n) is 7.15. The van der Waals surface area contributed by atoms with E-state index in [1.807, 2.05) is 0 Å². The molecule has 2 atom stereocenters. The highest BCUT2D eigenvalue weighted by atomic mass is 35.5. The van der Waals surface area contributed by atoms with Crippen LogP contribution in [-0.2, 0) is 0 Å². The molecular weight excluding hydrogens is 160 g/mol. The largest absolute Gasteiger partial charge is 0.396 e. The Balaban J connectivity index is 2.49. The van der Waals surface area contributed by atoms with Crippen LogP contribution in [0.4, 0.5) is 0 Å². The van der Waals surface area contributed by atoms with Gasteiger partial charge in [0, 0.05) is 12.0 Å². The molecule has 66 valence electrons. The Morgan fingerprint density at radius 2 is 2.27 bits per heavy atom. The SMILES string of the molecule is C[C@]1(CCO)CCCC[C@H]1Cl. The van der Waals surface area contributed by atoms with Gasteiger partial charge in [-0.1, -0.05) is 19.8 Å². The number of halogens is 1. The van der Waals surface area contributed by atoms with Gasteiger partial charge in [0.25, 0.3) is 0 Å². The normalized spacial score (nSPS) is 39.0. The van der Waals surface area contributed by atoms with Crippen LogP contribution in [0.5, 0.6) is 0 Å². The molecule has 1 nitrogen and oxygen atoms in total. The van der Waals surface area contributed by atoms with Crippen molar-refractivity contribution in [2.75, 3.05) is 6.61 Å². The van der Waals surface area contributed by atoms with Gasteiger partial charge in [-0.3, -0.25) is 0 Å². The fraction of sp³-hybridized carbons (Fsp3) is 1.00. The molecule has 1 rings (SSSR count). The van der Waals surface area contributed by atoms with Crippen molar-refractivity contribution in [2.45, 2.75) is 44.4 Å². The molecule has 0 radical (unpaired) electrons. The second kappa shape index (κ2) is 3.77. The van der Waals surface area contributed by atoms with Crippen molar-refractivity contribution in [1.29, 1.82) is 0 Å². The maximum Gasteiger partial charge on any atom is 0.0436 e. The highest BCUT2D eigenvalue weighted by Crippen LogP contribution is 2.41. The van der Waals surface area contributed by atoms with Crippen molar-refractivity contribution in [2.24, 2.45) is 5.41 Å². The third-order valence-corrected chi connectivity index (χ3v) is 3.64. The third kappa shape index (κ3) is 2.09. The Hall–Kier alpha value is 0.250. The first kappa shape index (κ1) is 9.34. The van der Waals surface area contributed by atoms with Crippen LogP contribution in [0.2, 0.25) is 0 Å². The number of hydrogen-bond donors (Lipinski definition) is 1. The Labute approximate surface area is 73.8 Å². The summed E-state index contributed by atoms with van der Waals surface area (Å²) in [5.41, 5.74) is 0.203. The van der Waals surface area contributed by atoms with Crippen molar-refractivity contribution in [3.63, 3.8) is 0 Å². The summed E-state index contributed by atoms with van der Waals surface area (Å²) in [6.45, 7) is 2.47. The maximum atomic E-state index is 8.84. The zero-order chi connectivity index (χ0) is 8.32. The van der Waals surface area contributed by atoms with E-state index in [1.54, 1.807) is 0 Å². The van der Waals surface area contributed by atoms with Gasteiger partial charge in [-0.15, -0.1) is 11.6 Å². The van der Waals surface area contributed by atoms with Gasteiger partial charge >= 0.3 is 0 Å². The van der Waals surface area contributed by atoms with Crippen LogP contribution >= 0.6 is 11.6 Å². The maximum absolute atomic E-state index is 8.84. The molecule has 0 unspecified atom stereocenters. The lowest BCUT2D eigenvalue weighted by atomic mass is 9.73. The molecule has 11 heavy (non-hydrogen) atoms. The molecular formula is C9H17ClO. The van der Waals surface area contributed by atoms with E-state index in [0.29, 0.717) is 0 Å². The first-order valence-corrected chi connectivity index (χ1v) is 4.87. The van der Waals surface area contributed by atoms with Crippen LogP contribution < -0.4 is 0 Å². The van der Waals surface area contributed by atoms with Gasteiger partial charge in [0.15, 0.2) is 0 Å². The van der Waals surface area contributed by atoms with E-state index < -0.39 is 0 Å². The first-order valence-electron chi connectivity index (χ1n) is 4.44. The predicted molar refractivity (Wildman–Crippen MR) is 47.9 cm³/mol. The Kier molecular flexibility index (Phi) is 3.20. The average molecular weight is 177 g/mol. The Bertz CT molecular complexity index is 123. The van der Waals surface area contributed by atoms with E-state index in [1.165, 1.54) is 19.3 Å². The smallest absolute Gasteiger partial charge is 0.0436 e. The van der Waals surface area contributed by atoms with E-state index in [9.17, 15) is 0 Å². The summed E-state index contributed by atoms with van der Waals surface area (Å²) < 4.78 is 0. The van der Waals surface area contributed by atoms with Gasteiger partial charge in [-0.25, -0.2) is 0 Å². The summed E-state index contributed by atoms with van der Waals surface area (Å²) >= 11 is 6.19. The van der Waals surface area contributed by atoms with Crippen molar-refractivity contribution in [1.82, 2.24) is 0 Å². The van der Waals surface area contributed by atoms with Crippen LogP contribution in [0.3, 0.4) is 0 Å². The minimum Gasteiger partial charge on any atom is -0.396 e. The minimum absolute atomic E-state index is 0.203. The lowest BCUT2D eigenvalue weighted by Gasteiger charge is -2.37. The summed E-state index contributed by atoms with van der Waals surface area (Å²) in [5, 5.41) is 9.12. The third-order valence-electron chi connectivity index (χ3n) is 2.89. The lowest BCUT2D eigenvalue weighted by Crippen LogP contribution is -2.32. The molecule has 0 aromatic rings.